The maximum Gasteiger partial charge on any atom is 0.232 e. The van der Waals surface area contributed by atoms with Crippen molar-refractivity contribution in [2.75, 3.05) is 26.3 Å². The average Bonchev–Trinajstić information content (AvgIpc) is 3.20. The van der Waals surface area contributed by atoms with Crippen molar-refractivity contribution in [1.82, 2.24) is 20.0 Å². The third kappa shape index (κ3) is 2.57. The number of fused-ring (bicyclic) bond motifs is 1. The van der Waals surface area contributed by atoms with Crippen molar-refractivity contribution in [2.24, 2.45) is 11.8 Å². The zero-order valence-corrected chi connectivity index (χ0v) is 13.7. The number of nitrogens with zero attached hydrogens (tertiary/aromatic N) is 4. The lowest BCUT2D eigenvalue weighted by molar-refractivity contribution is 0.00991. The van der Waals surface area contributed by atoms with Gasteiger partial charge in [0.05, 0.1) is 30.3 Å². The van der Waals surface area contributed by atoms with E-state index < -0.39 is 0 Å². The molecule has 0 unspecified atom stereocenters. The Balaban J connectivity index is 1.49. The van der Waals surface area contributed by atoms with Gasteiger partial charge in [-0.3, -0.25) is 4.90 Å². The summed E-state index contributed by atoms with van der Waals surface area (Å²) in [4.78, 5) is 12.7. The minimum Gasteiger partial charge on any atom is -0.380 e. The second-order valence-electron chi connectivity index (χ2n) is 6.30. The average molecular weight is 320 g/mol. The second kappa shape index (κ2) is 5.72. The third-order valence-corrected chi connectivity index (χ3v) is 5.71. The molecule has 6 nitrogen and oxygen atoms in total. The highest BCUT2D eigenvalue weighted by Crippen LogP contribution is 2.39. The van der Waals surface area contributed by atoms with Crippen molar-refractivity contribution in [2.45, 2.75) is 26.3 Å². The fourth-order valence-electron chi connectivity index (χ4n) is 3.62. The van der Waals surface area contributed by atoms with Crippen LogP contribution < -0.4 is 0 Å². The molecular formula is C15H20N4O2S. The van der Waals surface area contributed by atoms with Crippen LogP contribution in [0.15, 0.2) is 10.0 Å². The van der Waals surface area contributed by atoms with Gasteiger partial charge >= 0.3 is 0 Å². The van der Waals surface area contributed by atoms with Crippen LogP contribution in [-0.4, -0.2) is 46.3 Å². The molecule has 2 saturated heterocycles. The van der Waals surface area contributed by atoms with Crippen molar-refractivity contribution in [3.63, 3.8) is 0 Å². The van der Waals surface area contributed by atoms with Crippen LogP contribution in [-0.2, 0) is 11.3 Å². The molecule has 2 aromatic heterocycles. The van der Waals surface area contributed by atoms with Gasteiger partial charge in [-0.15, -0.1) is 11.3 Å². The second-order valence-corrected chi connectivity index (χ2v) is 7.24. The van der Waals surface area contributed by atoms with E-state index in [1.807, 2.05) is 12.4 Å². The summed E-state index contributed by atoms with van der Waals surface area (Å²) in [5, 5.41) is 3.94. The van der Waals surface area contributed by atoms with E-state index in [9.17, 15) is 0 Å². The first-order valence-electron chi connectivity index (χ1n) is 7.70. The van der Waals surface area contributed by atoms with Crippen LogP contribution in [0, 0.1) is 25.7 Å². The standard InChI is InChI=1S/C15H20N4O2S/c1-9-14(22-8-16-9)5-19-3-11-6-20-7-13(12(11)4-19)15-17-10(2)18-21-15/h8,11-13H,3-7H2,1-2H3/t11-,12-,13+/m0/s1. The summed E-state index contributed by atoms with van der Waals surface area (Å²) in [6, 6.07) is 0. The van der Waals surface area contributed by atoms with Gasteiger partial charge in [0.25, 0.3) is 0 Å². The van der Waals surface area contributed by atoms with Crippen molar-refractivity contribution in [1.29, 1.82) is 0 Å². The molecule has 2 aromatic rings. The van der Waals surface area contributed by atoms with Gasteiger partial charge in [-0.2, -0.15) is 4.98 Å². The SMILES string of the molecule is Cc1noc([C@@H]2COC[C@@H]3CN(Cc4scnc4C)C[C@@H]32)n1. The Labute approximate surface area is 133 Å². The van der Waals surface area contributed by atoms with E-state index in [1.165, 1.54) is 4.88 Å². The Morgan fingerprint density at radius 1 is 1.32 bits per heavy atom. The number of hydrogen-bond acceptors (Lipinski definition) is 7. The molecule has 4 heterocycles. The molecule has 0 saturated carbocycles. The number of likely N-dealkylation sites (tertiary alicyclic amines) is 1. The first-order valence-corrected chi connectivity index (χ1v) is 8.58. The minimum absolute atomic E-state index is 0.229. The molecule has 0 amide bonds. The molecule has 0 aromatic carbocycles. The van der Waals surface area contributed by atoms with E-state index in [1.54, 1.807) is 11.3 Å². The molecule has 0 radical (unpaired) electrons. The van der Waals surface area contributed by atoms with Crippen LogP contribution in [0.5, 0.6) is 0 Å². The number of aromatic nitrogens is 3. The normalized spacial score (nSPS) is 28.9. The van der Waals surface area contributed by atoms with Crippen LogP contribution in [0.4, 0.5) is 0 Å². The summed E-state index contributed by atoms with van der Waals surface area (Å²) in [7, 11) is 0. The molecule has 7 heteroatoms. The number of thiazole rings is 1. The lowest BCUT2D eigenvalue weighted by Gasteiger charge is -2.30. The van der Waals surface area contributed by atoms with Crippen molar-refractivity contribution in [3.8, 4) is 0 Å². The number of rotatable bonds is 3. The maximum absolute atomic E-state index is 5.80. The van der Waals surface area contributed by atoms with Crippen LogP contribution in [0.25, 0.3) is 0 Å². The summed E-state index contributed by atoms with van der Waals surface area (Å²) in [5.41, 5.74) is 3.08. The molecule has 2 aliphatic rings. The fraction of sp³-hybridized carbons (Fsp3) is 0.667. The molecule has 4 rings (SSSR count). The van der Waals surface area contributed by atoms with Crippen molar-refractivity contribution in [3.05, 3.63) is 27.8 Å². The van der Waals surface area contributed by atoms with Gasteiger partial charge in [0.15, 0.2) is 5.82 Å². The Morgan fingerprint density at radius 2 is 2.23 bits per heavy atom. The van der Waals surface area contributed by atoms with E-state index >= 15 is 0 Å². The molecule has 2 aliphatic heterocycles. The summed E-state index contributed by atoms with van der Waals surface area (Å²) in [6.07, 6.45) is 0. The smallest absolute Gasteiger partial charge is 0.232 e. The summed E-state index contributed by atoms with van der Waals surface area (Å²) >= 11 is 1.75. The van der Waals surface area contributed by atoms with Crippen LogP contribution in [0.3, 0.4) is 0 Å². The van der Waals surface area contributed by atoms with Gasteiger partial charge < -0.3 is 9.26 Å². The number of ether oxygens (including phenoxy) is 1. The first-order chi connectivity index (χ1) is 10.7. The molecule has 0 spiro atoms. The lowest BCUT2D eigenvalue weighted by atomic mass is 9.83. The molecule has 3 atom stereocenters. The highest BCUT2D eigenvalue weighted by Gasteiger charge is 2.43. The Hall–Kier alpha value is -1.31. The Kier molecular flexibility index (Phi) is 3.71. The molecule has 22 heavy (non-hydrogen) atoms. The molecule has 0 bridgehead atoms. The topological polar surface area (TPSA) is 64.3 Å². The zero-order valence-electron chi connectivity index (χ0n) is 12.9. The quantitative estimate of drug-likeness (QED) is 0.862. The van der Waals surface area contributed by atoms with Gasteiger partial charge in [-0.05, 0) is 25.7 Å². The largest absolute Gasteiger partial charge is 0.380 e. The number of hydrogen-bond donors (Lipinski definition) is 0. The van der Waals surface area contributed by atoms with Gasteiger partial charge in [0, 0.05) is 24.5 Å². The van der Waals surface area contributed by atoms with E-state index in [0.717, 1.165) is 37.8 Å². The van der Waals surface area contributed by atoms with Crippen molar-refractivity contribution >= 4 is 11.3 Å². The molecule has 0 N–H and O–H groups in total. The Bertz CT molecular complexity index is 656. The monoisotopic (exact) mass is 320 g/mol. The van der Waals surface area contributed by atoms with E-state index in [0.29, 0.717) is 24.3 Å². The van der Waals surface area contributed by atoms with Crippen LogP contribution >= 0.6 is 11.3 Å². The molecule has 0 aliphatic carbocycles. The summed E-state index contributed by atoms with van der Waals surface area (Å²) < 4.78 is 11.2. The summed E-state index contributed by atoms with van der Waals surface area (Å²) in [5.74, 6) is 2.77. The first kappa shape index (κ1) is 14.3. The fourth-order valence-corrected chi connectivity index (χ4v) is 4.44. The van der Waals surface area contributed by atoms with Crippen LogP contribution in [0.1, 0.15) is 28.2 Å². The molecule has 118 valence electrons. The van der Waals surface area contributed by atoms with E-state index in [4.69, 9.17) is 9.26 Å². The third-order valence-electron chi connectivity index (χ3n) is 4.79. The zero-order chi connectivity index (χ0) is 15.1. The molecule has 2 fully saturated rings. The predicted octanol–water partition coefficient (Wildman–Crippen LogP) is 2.00. The highest BCUT2D eigenvalue weighted by atomic mass is 32.1. The minimum atomic E-state index is 0.229. The van der Waals surface area contributed by atoms with Gasteiger partial charge in [0.2, 0.25) is 5.89 Å². The number of aryl methyl sites for hydroxylation is 2. The maximum atomic E-state index is 5.80. The Morgan fingerprint density at radius 3 is 2.95 bits per heavy atom. The van der Waals surface area contributed by atoms with E-state index in [2.05, 4.69) is 26.9 Å². The lowest BCUT2D eigenvalue weighted by Crippen LogP contribution is -2.33. The van der Waals surface area contributed by atoms with E-state index in [-0.39, 0.29) is 5.92 Å². The van der Waals surface area contributed by atoms with Crippen molar-refractivity contribution < 1.29 is 9.26 Å². The highest BCUT2D eigenvalue weighted by molar-refractivity contribution is 7.09. The van der Waals surface area contributed by atoms with Crippen LogP contribution in [0.2, 0.25) is 0 Å². The van der Waals surface area contributed by atoms with Gasteiger partial charge in [0.1, 0.15) is 0 Å². The predicted molar refractivity (Wildman–Crippen MR) is 81.7 cm³/mol. The summed E-state index contributed by atoms with van der Waals surface area (Å²) in [6.45, 7) is 8.61. The molecular weight excluding hydrogens is 300 g/mol. The van der Waals surface area contributed by atoms with Gasteiger partial charge in [-0.1, -0.05) is 5.16 Å². The van der Waals surface area contributed by atoms with Gasteiger partial charge in [-0.25, -0.2) is 4.98 Å².